The Kier molecular flexibility index (Phi) is 4.85. The Morgan fingerprint density at radius 1 is 1.08 bits per heavy atom. The third-order valence-corrected chi connectivity index (χ3v) is 9.46. The maximum absolute atomic E-state index is 14.2. The molecule has 2 aliphatic heterocycles. The Hall–Kier alpha value is -3.16. The van der Waals surface area contributed by atoms with E-state index in [4.69, 9.17) is 5.26 Å². The van der Waals surface area contributed by atoms with Crippen molar-refractivity contribution < 1.29 is 22.4 Å². The first-order valence-electron chi connectivity index (χ1n) is 13.2. The molecule has 2 amide bonds. The number of benzene rings is 1. The van der Waals surface area contributed by atoms with Crippen LogP contribution in [0.25, 0.3) is 0 Å². The Morgan fingerprint density at radius 3 is 2.29 bits per heavy atom. The third kappa shape index (κ3) is 3.78. The zero-order valence-electron chi connectivity index (χ0n) is 20.8. The minimum absolute atomic E-state index is 0.0742. The third-order valence-electron chi connectivity index (χ3n) is 9.46. The van der Waals surface area contributed by atoms with Crippen molar-refractivity contribution in [3.8, 4) is 6.07 Å². The van der Waals surface area contributed by atoms with E-state index in [0.717, 1.165) is 50.7 Å². The first-order chi connectivity index (χ1) is 18.0. The van der Waals surface area contributed by atoms with Gasteiger partial charge in [0.2, 0.25) is 0 Å². The normalized spacial score (nSPS) is 24.8. The predicted molar refractivity (Wildman–Crippen MR) is 126 cm³/mol. The van der Waals surface area contributed by atoms with Gasteiger partial charge in [0.05, 0.1) is 17.2 Å². The number of alkyl halides is 4. The van der Waals surface area contributed by atoms with Gasteiger partial charge < -0.3 is 9.80 Å². The van der Waals surface area contributed by atoms with Crippen molar-refractivity contribution in [2.24, 2.45) is 16.7 Å². The fourth-order valence-electron chi connectivity index (χ4n) is 7.38. The fraction of sp³-hybridized carbons (Fsp3) is 0.630. The first-order valence-corrected chi connectivity index (χ1v) is 13.2. The van der Waals surface area contributed by atoms with Gasteiger partial charge in [-0.05, 0) is 68.6 Å². The number of hydrogen-bond acceptors (Lipinski definition) is 4. The Bertz CT molecular complexity index is 1330. The Balaban J connectivity index is 0.860. The minimum Gasteiger partial charge on any atom is -0.323 e. The maximum atomic E-state index is 14.2. The molecular formula is C27H28F4N6O. The van der Waals surface area contributed by atoms with Crippen LogP contribution in [0.3, 0.4) is 0 Å². The SMILES string of the molecule is N#Cc1ccc(CC2CC3(C2)CN(C(=O)N2CC4(CC(c5nc(C6(F)CC6)n[nH]5)C4)C2)C3)cc1C(F)(F)F. The lowest BCUT2D eigenvalue weighted by Gasteiger charge is -2.63. The summed E-state index contributed by atoms with van der Waals surface area (Å²) in [6.07, 6.45) is 0.679. The zero-order valence-corrected chi connectivity index (χ0v) is 20.8. The highest BCUT2D eigenvalue weighted by Gasteiger charge is 2.59. The molecule has 7 rings (SSSR count). The summed E-state index contributed by atoms with van der Waals surface area (Å²) in [6.45, 7) is 2.90. The number of rotatable bonds is 4. The smallest absolute Gasteiger partial charge is 0.323 e. The van der Waals surface area contributed by atoms with Gasteiger partial charge in [-0.15, -0.1) is 0 Å². The van der Waals surface area contributed by atoms with Gasteiger partial charge in [0.15, 0.2) is 11.5 Å². The molecule has 5 fully saturated rings. The number of amides is 2. The Morgan fingerprint density at radius 2 is 1.71 bits per heavy atom. The number of halogens is 4. The van der Waals surface area contributed by atoms with Crippen molar-refractivity contribution in [3.05, 3.63) is 46.5 Å². The van der Waals surface area contributed by atoms with Gasteiger partial charge in [-0.2, -0.15) is 23.5 Å². The number of aromatic nitrogens is 3. The molecule has 3 saturated carbocycles. The largest absolute Gasteiger partial charge is 0.417 e. The fourth-order valence-corrected chi connectivity index (χ4v) is 7.38. The van der Waals surface area contributed by atoms with Gasteiger partial charge in [0.25, 0.3) is 0 Å². The molecule has 2 spiro atoms. The summed E-state index contributed by atoms with van der Waals surface area (Å²) >= 11 is 0. The molecule has 11 heteroatoms. The lowest BCUT2D eigenvalue weighted by Crippen LogP contribution is -2.70. The summed E-state index contributed by atoms with van der Waals surface area (Å²) in [6, 6.07) is 5.68. The number of aromatic amines is 1. The van der Waals surface area contributed by atoms with E-state index in [0.29, 0.717) is 43.8 Å². The minimum atomic E-state index is -4.54. The molecule has 3 aliphatic carbocycles. The van der Waals surface area contributed by atoms with E-state index in [9.17, 15) is 22.4 Å². The van der Waals surface area contributed by atoms with Gasteiger partial charge in [-0.1, -0.05) is 6.07 Å². The molecule has 2 aromatic rings. The maximum Gasteiger partial charge on any atom is 0.417 e. The van der Waals surface area contributed by atoms with Crippen LogP contribution < -0.4 is 0 Å². The van der Waals surface area contributed by atoms with E-state index in [2.05, 4.69) is 15.2 Å². The summed E-state index contributed by atoms with van der Waals surface area (Å²) in [5.41, 5.74) is -1.70. The topological polar surface area (TPSA) is 88.9 Å². The molecule has 0 unspecified atom stereocenters. The number of carbonyl (C=O) groups excluding carboxylic acids is 1. The van der Waals surface area contributed by atoms with Crippen LogP contribution in [0.4, 0.5) is 22.4 Å². The lowest BCUT2D eigenvalue weighted by atomic mass is 9.56. The summed E-state index contributed by atoms with van der Waals surface area (Å²) in [4.78, 5) is 21.1. The first kappa shape index (κ1) is 23.9. The van der Waals surface area contributed by atoms with Gasteiger partial charge in [0, 0.05) is 42.9 Å². The summed E-state index contributed by atoms with van der Waals surface area (Å²) in [7, 11) is 0. The quantitative estimate of drug-likeness (QED) is 0.572. The summed E-state index contributed by atoms with van der Waals surface area (Å²) < 4.78 is 53.9. The number of likely N-dealkylation sites (tertiary alicyclic amines) is 2. The highest BCUT2D eigenvalue weighted by molar-refractivity contribution is 5.77. The van der Waals surface area contributed by atoms with E-state index in [1.165, 1.54) is 6.07 Å². The van der Waals surface area contributed by atoms with E-state index in [-0.39, 0.29) is 34.2 Å². The molecule has 0 bridgehead atoms. The monoisotopic (exact) mass is 528 g/mol. The molecule has 38 heavy (non-hydrogen) atoms. The van der Waals surface area contributed by atoms with Crippen LogP contribution in [0.2, 0.25) is 0 Å². The molecule has 200 valence electrons. The highest BCUT2D eigenvalue weighted by atomic mass is 19.4. The van der Waals surface area contributed by atoms with Crippen molar-refractivity contribution in [3.63, 3.8) is 0 Å². The van der Waals surface area contributed by atoms with E-state index in [1.807, 2.05) is 9.80 Å². The predicted octanol–water partition coefficient (Wildman–Crippen LogP) is 4.91. The number of carbonyl (C=O) groups is 1. The molecule has 7 nitrogen and oxygen atoms in total. The second kappa shape index (κ2) is 7.70. The van der Waals surface area contributed by atoms with Crippen LogP contribution in [0, 0.1) is 28.1 Å². The van der Waals surface area contributed by atoms with Crippen molar-refractivity contribution in [1.82, 2.24) is 25.0 Å². The van der Waals surface area contributed by atoms with Crippen LogP contribution in [0.1, 0.15) is 72.8 Å². The molecule has 1 aromatic carbocycles. The van der Waals surface area contributed by atoms with Crippen LogP contribution in [0.5, 0.6) is 0 Å². The average molecular weight is 529 g/mol. The van der Waals surface area contributed by atoms with Crippen LogP contribution in [-0.2, 0) is 18.3 Å². The molecular weight excluding hydrogens is 500 g/mol. The van der Waals surface area contributed by atoms with E-state index < -0.39 is 17.4 Å². The van der Waals surface area contributed by atoms with Crippen molar-refractivity contribution in [1.29, 1.82) is 5.26 Å². The molecule has 2 saturated heterocycles. The van der Waals surface area contributed by atoms with Gasteiger partial charge >= 0.3 is 12.2 Å². The second-order valence-corrected chi connectivity index (χ2v) is 12.6. The Labute approximate surface area is 217 Å². The second-order valence-electron chi connectivity index (χ2n) is 12.6. The van der Waals surface area contributed by atoms with Crippen molar-refractivity contribution >= 4 is 6.03 Å². The van der Waals surface area contributed by atoms with Crippen LogP contribution in [-0.4, -0.2) is 57.2 Å². The van der Waals surface area contributed by atoms with Crippen LogP contribution >= 0.6 is 0 Å². The summed E-state index contributed by atoms with van der Waals surface area (Å²) in [5.74, 6) is 1.59. The summed E-state index contributed by atoms with van der Waals surface area (Å²) in [5, 5.41) is 16.0. The van der Waals surface area contributed by atoms with Crippen molar-refractivity contribution in [2.75, 3.05) is 26.2 Å². The number of H-pyrrole nitrogens is 1. The lowest BCUT2D eigenvalue weighted by molar-refractivity contribution is -0.137. The van der Waals surface area contributed by atoms with Gasteiger partial charge in [0.1, 0.15) is 5.82 Å². The number of nitriles is 1. The molecule has 3 heterocycles. The molecule has 1 N–H and O–H groups in total. The van der Waals surface area contributed by atoms with Gasteiger partial charge in [-0.25, -0.2) is 14.2 Å². The van der Waals surface area contributed by atoms with E-state index in [1.54, 1.807) is 12.1 Å². The van der Waals surface area contributed by atoms with Crippen molar-refractivity contribution in [2.45, 2.75) is 62.7 Å². The number of nitrogens with one attached hydrogen (secondary N) is 1. The number of nitrogens with zero attached hydrogens (tertiary/aromatic N) is 5. The molecule has 5 aliphatic rings. The highest BCUT2D eigenvalue weighted by Crippen LogP contribution is 2.57. The number of urea groups is 1. The van der Waals surface area contributed by atoms with E-state index >= 15 is 0 Å². The van der Waals surface area contributed by atoms with Crippen LogP contribution in [0.15, 0.2) is 18.2 Å². The standard InChI is InChI=1S/C27H28F4N6O/c28-26(3-4-26)22-33-21(34-35-22)19-9-25(10-19)14-37(15-25)23(38)36-12-24(13-36)7-17(8-24)5-16-1-2-18(11-32)20(6-16)27(29,30)31/h1-2,6,17,19H,3-5,7-10,12-15H2,(H,33,34,35). The molecule has 0 radical (unpaired) electrons. The molecule has 1 aromatic heterocycles. The zero-order chi connectivity index (χ0) is 26.5. The average Bonchev–Trinajstić information content (AvgIpc) is 3.32. The number of hydrogen-bond donors (Lipinski definition) is 1. The van der Waals surface area contributed by atoms with Gasteiger partial charge in [-0.3, -0.25) is 5.10 Å². The molecule has 0 atom stereocenters.